The predicted octanol–water partition coefficient (Wildman–Crippen LogP) is 0.900. The van der Waals surface area contributed by atoms with Crippen LogP contribution in [-0.2, 0) is 4.79 Å². The highest BCUT2D eigenvalue weighted by atomic mass is 16.5. The molecule has 0 unspecified atom stereocenters. The molecule has 96 valence electrons. The number of nitrogens with one attached hydrogen (secondary N) is 2. The van der Waals surface area contributed by atoms with E-state index in [9.17, 15) is 4.79 Å². The van der Waals surface area contributed by atoms with E-state index in [0.29, 0.717) is 30.2 Å². The largest absolute Gasteiger partial charge is 0.481 e. The SMILES string of the molecule is COc1cc(NCCCNC(C)=O)c(C#N)cn1. The minimum Gasteiger partial charge on any atom is -0.481 e. The first-order chi connectivity index (χ1) is 8.67. The van der Waals surface area contributed by atoms with Crippen molar-refractivity contribution in [2.24, 2.45) is 0 Å². The van der Waals surface area contributed by atoms with E-state index in [1.54, 1.807) is 6.07 Å². The van der Waals surface area contributed by atoms with Crippen molar-refractivity contribution in [2.75, 3.05) is 25.5 Å². The fourth-order valence-electron chi connectivity index (χ4n) is 1.36. The monoisotopic (exact) mass is 248 g/mol. The van der Waals surface area contributed by atoms with Crippen molar-refractivity contribution in [2.45, 2.75) is 13.3 Å². The third-order valence-electron chi connectivity index (χ3n) is 2.25. The molecule has 1 rings (SSSR count). The number of amides is 1. The maximum absolute atomic E-state index is 10.7. The molecule has 1 aromatic heterocycles. The summed E-state index contributed by atoms with van der Waals surface area (Å²) in [4.78, 5) is 14.6. The number of rotatable bonds is 6. The Morgan fingerprint density at radius 2 is 2.33 bits per heavy atom. The van der Waals surface area contributed by atoms with Crippen molar-refractivity contribution in [3.8, 4) is 11.9 Å². The molecular formula is C12H16N4O2. The van der Waals surface area contributed by atoms with Crippen molar-refractivity contribution in [1.82, 2.24) is 10.3 Å². The predicted molar refractivity (Wildman–Crippen MR) is 67.3 cm³/mol. The van der Waals surface area contributed by atoms with Gasteiger partial charge in [0.1, 0.15) is 6.07 Å². The van der Waals surface area contributed by atoms with Crippen LogP contribution in [0.4, 0.5) is 5.69 Å². The Balaban J connectivity index is 2.50. The van der Waals surface area contributed by atoms with E-state index in [2.05, 4.69) is 21.7 Å². The molecule has 1 amide bonds. The molecule has 0 aliphatic heterocycles. The summed E-state index contributed by atoms with van der Waals surface area (Å²) in [6, 6.07) is 3.73. The van der Waals surface area contributed by atoms with Gasteiger partial charge < -0.3 is 15.4 Å². The third kappa shape index (κ3) is 4.29. The van der Waals surface area contributed by atoms with Gasteiger partial charge in [0, 0.05) is 26.1 Å². The zero-order chi connectivity index (χ0) is 13.4. The molecule has 0 saturated carbocycles. The number of methoxy groups -OCH3 is 1. The molecule has 0 aliphatic carbocycles. The Morgan fingerprint density at radius 1 is 1.56 bits per heavy atom. The van der Waals surface area contributed by atoms with E-state index < -0.39 is 0 Å². The maximum atomic E-state index is 10.7. The Labute approximate surface area is 106 Å². The van der Waals surface area contributed by atoms with Gasteiger partial charge in [0.15, 0.2) is 0 Å². The molecule has 6 heteroatoms. The van der Waals surface area contributed by atoms with Crippen LogP contribution >= 0.6 is 0 Å². The van der Waals surface area contributed by atoms with Gasteiger partial charge in [-0.3, -0.25) is 4.79 Å². The van der Waals surface area contributed by atoms with E-state index >= 15 is 0 Å². The smallest absolute Gasteiger partial charge is 0.216 e. The first kappa shape index (κ1) is 13.8. The molecule has 2 N–H and O–H groups in total. The van der Waals surface area contributed by atoms with E-state index in [4.69, 9.17) is 10.00 Å². The van der Waals surface area contributed by atoms with E-state index in [0.717, 1.165) is 6.42 Å². The minimum atomic E-state index is -0.0432. The van der Waals surface area contributed by atoms with Crippen molar-refractivity contribution in [3.63, 3.8) is 0 Å². The summed E-state index contributed by atoms with van der Waals surface area (Å²) in [6.45, 7) is 2.74. The summed E-state index contributed by atoms with van der Waals surface area (Å²) >= 11 is 0. The second-order valence-electron chi connectivity index (χ2n) is 3.65. The Kier molecular flexibility index (Phi) is 5.45. The maximum Gasteiger partial charge on any atom is 0.216 e. The van der Waals surface area contributed by atoms with Crippen molar-refractivity contribution >= 4 is 11.6 Å². The number of carbonyl (C=O) groups is 1. The number of carbonyl (C=O) groups excluding carboxylic acids is 1. The van der Waals surface area contributed by atoms with Crippen LogP contribution in [0.1, 0.15) is 18.9 Å². The number of ether oxygens (including phenoxy) is 1. The first-order valence-electron chi connectivity index (χ1n) is 5.60. The van der Waals surface area contributed by atoms with Gasteiger partial charge in [-0.25, -0.2) is 4.98 Å². The molecule has 1 heterocycles. The van der Waals surface area contributed by atoms with Crippen LogP contribution in [0, 0.1) is 11.3 Å². The lowest BCUT2D eigenvalue weighted by Crippen LogP contribution is -2.22. The highest BCUT2D eigenvalue weighted by molar-refractivity contribution is 5.72. The molecule has 1 aromatic rings. The van der Waals surface area contributed by atoms with Crippen molar-refractivity contribution in [3.05, 3.63) is 17.8 Å². The van der Waals surface area contributed by atoms with E-state index in [-0.39, 0.29) is 5.91 Å². The fourth-order valence-corrected chi connectivity index (χ4v) is 1.36. The lowest BCUT2D eigenvalue weighted by molar-refractivity contribution is -0.118. The van der Waals surface area contributed by atoms with Crippen LogP contribution in [-0.4, -0.2) is 31.1 Å². The topological polar surface area (TPSA) is 87.0 Å². The molecule has 0 aliphatic rings. The lowest BCUT2D eigenvalue weighted by Gasteiger charge is -2.09. The minimum absolute atomic E-state index is 0.0432. The Hall–Kier alpha value is -2.29. The van der Waals surface area contributed by atoms with E-state index in [1.165, 1.54) is 20.2 Å². The number of aromatic nitrogens is 1. The van der Waals surface area contributed by atoms with Gasteiger partial charge >= 0.3 is 0 Å². The molecule has 0 atom stereocenters. The van der Waals surface area contributed by atoms with Gasteiger partial charge in [0.2, 0.25) is 11.8 Å². The van der Waals surface area contributed by atoms with Crippen LogP contribution in [0.25, 0.3) is 0 Å². The molecule has 18 heavy (non-hydrogen) atoms. The van der Waals surface area contributed by atoms with Gasteiger partial charge in [-0.05, 0) is 6.42 Å². The van der Waals surface area contributed by atoms with Gasteiger partial charge in [0.25, 0.3) is 0 Å². The first-order valence-corrected chi connectivity index (χ1v) is 5.60. The fraction of sp³-hybridized carbons (Fsp3) is 0.417. The number of anilines is 1. The van der Waals surface area contributed by atoms with Crippen LogP contribution in [0.2, 0.25) is 0 Å². The number of hydrogen-bond acceptors (Lipinski definition) is 5. The summed E-state index contributed by atoms with van der Waals surface area (Å²) in [6.07, 6.45) is 2.24. The summed E-state index contributed by atoms with van der Waals surface area (Å²) in [5.41, 5.74) is 1.16. The van der Waals surface area contributed by atoms with Gasteiger partial charge in [-0.2, -0.15) is 5.26 Å². The summed E-state index contributed by atoms with van der Waals surface area (Å²) in [5, 5.41) is 14.8. The average molecular weight is 248 g/mol. The standard InChI is InChI=1S/C12H16N4O2/c1-9(17)14-4-3-5-15-11-6-12(18-2)16-8-10(11)7-13/h6,8H,3-5H2,1-2H3,(H,14,17)(H,15,16). The number of pyridine rings is 1. The molecular weight excluding hydrogens is 232 g/mol. The van der Waals surface area contributed by atoms with Crippen molar-refractivity contribution < 1.29 is 9.53 Å². The van der Waals surface area contributed by atoms with Crippen LogP contribution in [0.3, 0.4) is 0 Å². The molecule has 0 radical (unpaired) electrons. The highest BCUT2D eigenvalue weighted by Gasteiger charge is 2.04. The zero-order valence-corrected chi connectivity index (χ0v) is 10.5. The second-order valence-corrected chi connectivity index (χ2v) is 3.65. The number of nitriles is 1. The molecule has 6 nitrogen and oxygen atoms in total. The van der Waals surface area contributed by atoms with Crippen LogP contribution in [0.5, 0.6) is 5.88 Å². The van der Waals surface area contributed by atoms with Gasteiger partial charge in [-0.15, -0.1) is 0 Å². The molecule has 0 fully saturated rings. The summed E-state index contributed by atoms with van der Waals surface area (Å²) in [7, 11) is 1.52. The van der Waals surface area contributed by atoms with Gasteiger partial charge in [-0.1, -0.05) is 0 Å². The second kappa shape index (κ2) is 7.12. The van der Waals surface area contributed by atoms with Crippen molar-refractivity contribution in [1.29, 1.82) is 5.26 Å². The summed E-state index contributed by atoms with van der Waals surface area (Å²) < 4.78 is 5.00. The zero-order valence-electron chi connectivity index (χ0n) is 10.5. The quantitative estimate of drug-likeness (QED) is 0.730. The van der Waals surface area contributed by atoms with Crippen LogP contribution in [0.15, 0.2) is 12.3 Å². The summed E-state index contributed by atoms with van der Waals surface area (Å²) in [5.74, 6) is 0.414. The normalized spacial score (nSPS) is 9.39. The Morgan fingerprint density at radius 3 is 2.94 bits per heavy atom. The molecule has 0 aromatic carbocycles. The van der Waals surface area contributed by atoms with Crippen LogP contribution < -0.4 is 15.4 Å². The number of hydrogen-bond donors (Lipinski definition) is 2. The Bertz CT molecular complexity index is 454. The third-order valence-corrected chi connectivity index (χ3v) is 2.25. The molecule has 0 saturated heterocycles. The van der Waals surface area contributed by atoms with Gasteiger partial charge in [0.05, 0.1) is 24.6 Å². The lowest BCUT2D eigenvalue weighted by atomic mass is 10.2. The highest BCUT2D eigenvalue weighted by Crippen LogP contribution is 2.18. The number of nitrogens with zero attached hydrogens (tertiary/aromatic N) is 2. The molecule has 0 spiro atoms. The van der Waals surface area contributed by atoms with E-state index in [1.807, 2.05) is 0 Å². The average Bonchev–Trinajstić information content (AvgIpc) is 2.37. The molecule has 0 bridgehead atoms.